The third-order valence-electron chi connectivity index (χ3n) is 6.77. The van der Waals surface area contributed by atoms with Gasteiger partial charge in [-0.1, -0.05) is 11.6 Å². The molecule has 28 heavy (non-hydrogen) atoms. The average Bonchev–Trinajstić information content (AvgIpc) is 2.56. The van der Waals surface area contributed by atoms with Crippen LogP contribution in [0.15, 0.2) is 18.2 Å². The zero-order valence-corrected chi connectivity index (χ0v) is 17.5. The first-order valence-corrected chi connectivity index (χ1v) is 10.6. The van der Waals surface area contributed by atoms with Gasteiger partial charge in [-0.15, -0.1) is 0 Å². The van der Waals surface area contributed by atoms with Crippen LogP contribution in [0.25, 0.3) is 0 Å². The molecule has 4 saturated carbocycles. The Morgan fingerprint density at radius 2 is 1.64 bits per heavy atom. The lowest BCUT2D eigenvalue weighted by atomic mass is 9.49. The largest absolute Gasteiger partial charge is 0.274 e. The molecule has 1 aromatic rings. The minimum Gasteiger partial charge on any atom is -0.273 e. The highest BCUT2D eigenvalue weighted by molar-refractivity contribution is 6.33. The van der Waals surface area contributed by atoms with Crippen LogP contribution >= 0.6 is 11.6 Å². The number of carbonyl (C=O) groups is 2. The maximum absolute atomic E-state index is 13.4. The highest BCUT2D eigenvalue weighted by Crippen LogP contribution is 2.60. The Balaban J connectivity index is 1.59. The van der Waals surface area contributed by atoms with Crippen molar-refractivity contribution >= 4 is 23.4 Å². The van der Waals surface area contributed by atoms with E-state index in [1.807, 2.05) is 20.8 Å². The Bertz CT molecular complexity index is 782. The molecule has 0 aliphatic heterocycles. The number of nitrogens with one attached hydrogen (secondary N) is 1. The van der Waals surface area contributed by atoms with Crippen LogP contribution in [0.2, 0.25) is 5.02 Å². The molecule has 4 bridgehead atoms. The summed E-state index contributed by atoms with van der Waals surface area (Å²) in [4.78, 5) is 26.6. The third-order valence-corrected chi connectivity index (χ3v) is 7.08. The van der Waals surface area contributed by atoms with Crippen molar-refractivity contribution in [1.82, 2.24) is 10.4 Å². The summed E-state index contributed by atoms with van der Waals surface area (Å²) >= 11 is 6.11. The van der Waals surface area contributed by atoms with E-state index in [4.69, 9.17) is 11.6 Å². The smallest absolute Gasteiger partial charge is 0.273 e. The van der Waals surface area contributed by atoms with Gasteiger partial charge in [0.25, 0.3) is 5.91 Å². The highest BCUT2D eigenvalue weighted by atomic mass is 35.5. The minimum atomic E-state index is -0.646. The quantitative estimate of drug-likeness (QED) is 0.705. The molecule has 4 aliphatic rings. The molecule has 0 radical (unpaired) electrons. The molecular weight excluding hydrogens is 379 g/mol. The zero-order chi connectivity index (χ0) is 20.3. The second-order valence-corrected chi connectivity index (χ2v) is 10.5. The van der Waals surface area contributed by atoms with Crippen LogP contribution in [0.5, 0.6) is 0 Å². The first-order chi connectivity index (χ1) is 13.1. The fourth-order valence-electron chi connectivity index (χ4n) is 5.92. The maximum Gasteiger partial charge on any atom is 0.274 e. The van der Waals surface area contributed by atoms with Gasteiger partial charge < -0.3 is 0 Å². The SMILES string of the molecule is CC(C)(C)N(NC(=O)C12CC3CC(CC(C3)C1)C2)C(=O)c1ccc(F)cc1Cl. The maximum atomic E-state index is 13.4. The number of rotatable bonds is 2. The van der Waals surface area contributed by atoms with Gasteiger partial charge in [0.2, 0.25) is 5.91 Å². The average molecular weight is 407 g/mol. The summed E-state index contributed by atoms with van der Waals surface area (Å²) in [6, 6.07) is 3.70. The van der Waals surface area contributed by atoms with Crippen molar-refractivity contribution in [1.29, 1.82) is 0 Å². The molecule has 0 heterocycles. The van der Waals surface area contributed by atoms with Gasteiger partial charge in [0.1, 0.15) is 5.82 Å². The Hall–Kier alpha value is -1.62. The Morgan fingerprint density at radius 1 is 1.11 bits per heavy atom. The molecule has 0 aromatic heterocycles. The summed E-state index contributed by atoms with van der Waals surface area (Å²) in [5.41, 5.74) is 2.13. The summed E-state index contributed by atoms with van der Waals surface area (Å²) < 4.78 is 13.4. The number of nitrogens with zero attached hydrogens (tertiary/aromatic N) is 1. The van der Waals surface area contributed by atoms with Crippen molar-refractivity contribution in [2.75, 3.05) is 0 Å². The summed E-state index contributed by atoms with van der Waals surface area (Å²) in [5, 5.41) is 1.41. The lowest BCUT2D eigenvalue weighted by Crippen LogP contribution is -2.61. The second kappa shape index (κ2) is 6.72. The number of hydrazine groups is 1. The molecule has 6 heteroatoms. The molecule has 0 atom stereocenters. The summed E-state index contributed by atoms with van der Waals surface area (Å²) in [6.45, 7) is 5.59. The number of carbonyl (C=O) groups excluding carboxylic acids is 2. The van der Waals surface area contributed by atoms with Crippen LogP contribution in [-0.4, -0.2) is 22.4 Å². The lowest BCUT2D eigenvalue weighted by molar-refractivity contribution is -0.152. The molecule has 2 amide bonds. The molecule has 0 unspecified atom stereocenters. The molecule has 4 aliphatic carbocycles. The van der Waals surface area contributed by atoms with Crippen LogP contribution in [0.3, 0.4) is 0 Å². The molecule has 0 spiro atoms. The van der Waals surface area contributed by atoms with E-state index in [1.165, 1.54) is 36.4 Å². The van der Waals surface area contributed by atoms with Crippen LogP contribution in [0, 0.1) is 29.0 Å². The van der Waals surface area contributed by atoms with Crippen LogP contribution in [0.4, 0.5) is 4.39 Å². The van der Waals surface area contributed by atoms with Crippen molar-refractivity contribution in [3.63, 3.8) is 0 Å². The van der Waals surface area contributed by atoms with Gasteiger partial charge in [-0.05, 0) is 95.2 Å². The molecule has 1 N–H and O–H groups in total. The van der Waals surface area contributed by atoms with Crippen LogP contribution < -0.4 is 5.43 Å². The van der Waals surface area contributed by atoms with E-state index < -0.39 is 17.3 Å². The first-order valence-electron chi connectivity index (χ1n) is 10.2. The predicted molar refractivity (Wildman–Crippen MR) is 106 cm³/mol. The Labute approximate surface area is 170 Å². The molecule has 152 valence electrons. The molecule has 4 nitrogen and oxygen atoms in total. The van der Waals surface area contributed by atoms with Gasteiger partial charge in [0.15, 0.2) is 0 Å². The molecule has 1 aromatic carbocycles. The third kappa shape index (κ3) is 3.42. The van der Waals surface area contributed by atoms with E-state index in [-0.39, 0.29) is 21.9 Å². The van der Waals surface area contributed by atoms with E-state index in [2.05, 4.69) is 5.43 Å². The molecular formula is C22H28ClFN2O2. The Morgan fingerprint density at radius 3 is 2.11 bits per heavy atom. The van der Waals surface area contributed by atoms with Gasteiger partial charge in [0, 0.05) is 0 Å². The minimum absolute atomic E-state index is 0.0447. The number of hydrogen-bond donors (Lipinski definition) is 1. The zero-order valence-electron chi connectivity index (χ0n) is 16.7. The monoisotopic (exact) mass is 406 g/mol. The normalized spacial score (nSPS) is 31.0. The number of amides is 2. The van der Waals surface area contributed by atoms with E-state index in [9.17, 15) is 14.0 Å². The summed E-state index contributed by atoms with van der Waals surface area (Å²) in [6.07, 6.45) is 6.52. The first kappa shape index (κ1) is 19.7. The fourth-order valence-corrected chi connectivity index (χ4v) is 6.16. The van der Waals surface area contributed by atoms with Crippen LogP contribution in [-0.2, 0) is 4.79 Å². The molecule has 0 saturated heterocycles. The lowest BCUT2D eigenvalue weighted by Gasteiger charge is -2.56. The van der Waals surface area contributed by atoms with Crippen molar-refractivity contribution < 1.29 is 14.0 Å². The second-order valence-electron chi connectivity index (χ2n) is 10.1. The van der Waals surface area contributed by atoms with E-state index in [0.717, 1.165) is 25.3 Å². The highest BCUT2D eigenvalue weighted by Gasteiger charge is 2.55. The van der Waals surface area contributed by atoms with Crippen molar-refractivity contribution in [3.05, 3.63) is 34.6 Å². The number of benzene rings is 1. The van der Waals surface area contributed by atoms with Gasteiger partial charge in [0.05, 0.1) is 21.5 Å². The van der Waals surface area contributed by atoms with Crippen molar-refractivity contribution in [3.8, 4) is 0 Å². The topological polar surface area (TPSA) is 49.4 Å². The van der Waals surface area contributed by atoms with E-state index in [1.54, 1.807) is 0 Å². The van der Waals surface area contributed by atoms with E-state index >= 15 is 0 Å². The Kier molecular flexibility index (Phi) is 4.72. The standard InChI is InChI=1S/C22H28ClFN2O2/c1-21(2,3)26(19(27)17-5-4-16(24)9-18(17)23)25-20(28)22-10-13-6-14(11-22)8-15(7-13)12-22/h4-5,9,13-15H,6-8,10-12H2,1-3H3,(H,25,28). The molecule has 5 rings (SSSR count). The van der Waals surface area contributed by atoms with Gasteiger partial charge in [-0.3, -0.25) is 15.0 Å². The van der Waals surface area contributed by atoms with Crippen LogP contribution in [0.1, 0.15) is 69.7 Å². The number of halogens is 2. The summed E-state index contributed by atoms with van der Waals surface area (Å²) in [5.74, 6) is 0.956. The van der Waals surface area contributed by atoms with Gasteiger partial charge in [-0.25, -0.2) is 9.40 Å². The van der Waals surface area contributed by atoms with Gasteiger partial charge in [-0.2, -0.15) is 0 Å². The van der Waals surface area contributed by atoms with Crippen molar-refractivity contribution in [2.24, 2.45) is 23.2 Å². The van der Waals surface area contributed by atoms with E-state index in [0.29, 0.717) is 17.8 Å². The summed E-state index contributed by atoms with van der Waals surface area (Å²) in [7, 11) is 0. The predicted octanol–water partition coefficient (Wildman–Crippen LogP) is 4.97. The van der Waals surface area contributed by atoms with Crippen molar-refractivity contribution in [2.45, 2.75) is 64.8 Å². The molecule has 4 fully saturated rings. The number of hydrogen-bond acceptors (Lipinski definition) is 2. The fraction of sp³-hybridized carbons (Fsp3) is 0.636. The van der Waals surface area contributed by atoms with Gasteiger partial charge >= 0.3 is 0 Å².